The molecule has 28 heavy (non-hydrogen) atoms. The van der Waals surface area contributed by atoms with Gasteiger partial charge in [0, 0.05) is 18.3 Å². The third kappa shape index (κ3) is 2.82. The van der Waals surface area contributed by atoms with Crippen LogP contribution in [0.2, 0.25) is 0 Å². The Balaban J connectivity index is 1.39. The molecule has 0 aromatic carbocycles. The quantitative estimate of drug-likeness (QED) is 0.653. The van der Waals surface area contributed by atoms with Gasteiger partial charge in [0.15, 0.2) is 5.78 Å². The first kappa shape index (κ1) is 18.9. The molecule has 0 radical (unpaired) electrons. The van der Waals surface area contributed by atoms with Gasteiger partial charge >= 0.3 is 0 Å². The van der Waals surface area contributed by atoms with E-state index < -0.39 is 0 Å². The molecule has 0 bridgehead atoms. The number of carbonyl (C=O) groups is 1. The van der Waals surface area contributed by atoms with Crippen LogP contribution in [0, 0.1) is 40.4 Å². The highest BCUT2D eigenvalue weighted by Gasteiger charge is 2.59. The average Bonchev–Trinajstić information content (AvgIpc) is 3.19. The van der Waals surface area contributed by atoms with E-state index in [1.54, 1.807) is 6.20 Å². The predicted octanol–water partition coefficient (Wildman–Crippen LogP) is 5.89. The first-order chi connectivity index (χ1) is 13.5. The Labute approximate surface area is 170 Å². The molecule has 4 aliphatic carbocycles. The molecular weight excluding hydrogens is 344 g/mol. The topological polar surface area (TPSA) is 34.9 Å². The number of nitrogens with zero attached hydrogens (tertiary/aromatic N) is 2. The molecular formula is C25H38N2O. The molecule has 1 aromatic rings. The van der Waals surface area contributed by atoms with Gasteiger partial charge in [-0.1, -0.05) is 33.1 Å². The largest absolute Gasteiger partial charge is 0.297 e. The van der Waals surface area contributed by atoms with Gasteiger partial charge < -0.3 is 0 Å². The fourth-order valence-corrected chi connectivity index (χ4v) is 8.68. The summed E-state index contributed by atoms with van der Waals surface area (Å²) in [7, 11) is 0. The highest BCUT2D eigenvalue weighted by atomic mass is 16.1. The van der Waals surface area contributed by atoms with Crippen LogP contribution < -0.4 is 0 Å². The molecule has 4 saturated carbocycles. The summed E-state index contributed by atoms with van der Waals surface area (Å²) in [4.78, 5) is 13.3. The van der Waals surface area contributed by atoms with E-state index in [1.165, 1.54) is 64.2 Å². The van der Waals surface area contributed by atoms with Gasteiger partial charge in [0.05, 0.1) is 6.54 Å². The van der Waals surface area contributed by atoms with E-state index in [2.05, 4.69) is 18.9 Å². The lowest BCUT2D eigenvalue weighted by Crippen LogP contribution is -2.56. The summed E-state index contributed by atoms with van der Waals surface area (Å²) in [5.74, 6) is 4.22. The molecule has 3 heteroatoms. The molecule has 4 fully saturated rings. The molecule has 0 amide bonds. The Hall–Kier alpha value is -1.12. The van der Waals surface area contributed by atoms with Crippen LogP contribution in [0.5, 0.6) is 0 Å². The van der Waals surface area contributed by atoms with Crippen molar-refractivity contribution in [2.24, 2.45) is 40.4 Å². The molecule has 0 N–H and O–H groups in total. The minimum Gasteiger partial charge on any atom is -0.297 e. The van der Waals surface area contributed by atoms with Crippen LogP contribution in [0.1, 0.15) is 84.5 Å². The summed E-state index contributed by atoms with van der Waals surface area (Å²) < 4.78 is 1.83. The van der Waals surface area contributed by atoms with Gasteiger partial charge in [0.2, 0.25) is 0 Å². The second-order valence-corrected chi connectivity index (χ2v) is 11.1. The van der Waals surface area contributed by atoms with Crippen molar-refractivity contribution in [3.05, 3.63) is 18.5 Å². The number of aromatic nitrogens is 2. The Morgan fingerprint density at radius 1 is 0.964 bits per heavy atom. The fraction of sp³-hybridized carbons (Fsp3) is 0.840. The molecule has 0 unspecified atom stereocenters. The second kappa shape index (κ2) is 6.99. The van der Waals surface area contributed by atoms with E-state index in [0.29, 0.717) is 17.7 Å². The highest BCUT2D eigenvalue weighted by Crippen LogP contribution is 2.66. The monoisotopic (exact) mass is 382 g/mol. The Kier molecular flexibility index (Phi) is 4.71. The third-order valence-electron chi connectivity index (χ3n) is 10.1. The number of hydrogen-bond donors (Lipinski definition) is 0. The highest BCUT2D eigenvalue weighted by molar-refractivity contribution is 5.81. The molecule has 3 nitrogen and oxygen atoms in total. The number of hydrogen-bond acceptors (Lipinski definition) is 2. The van der Waals surface area contributed by atoms with Crippen LogP contribution in [0.4, 0.5) is 0 Å². The smallest absolute Gasteiger partial charge is 0.157 e. The maximum absolute atomic E-state index is 13.3. The molecule has 0 spiro atoms. The van der Waals surface area contributed by atoms with Gasteiger partial charge in [-0.15, -0.1) is 0 Å². The standard InChI is InChI=1S/C25H38N2O/c1-24-13-4-3-7-18(24)10-11-19-20-8-5-9-22(25(20,2)14-12-21(19)24)23(28)17-27-16-6-15-26-27/h6,15-16,18-22H,3-5,7-14,17H2,1-2H3/t18-,19+,20+,21+,22-,24+,25+/m1/s1. The van der Waals surface area contributed by atoms with Crippen LogP contribution in [-0.2, 0) is 11.3 Å². The molecule has 1 heterocycles. The summed E-state index contributed by atoms with van der Waals surface area (Å²) in [6.07, 6.45) is 18.8. The van der Waals surface area contributed by atoms with E-state index >= 15 is 0 Å². The minimum absolute atomic E-state index is 0.224. The Morgan fingerprint density at radius 2 is 1.82 bits per heavy atom. The SMILES string of the molecule is C[C@]12CCCC[C@@H]1CC[C@@H]1[C@@H]2CC[C@]2(C)[C@@H](C(=O)Cn3cccn3)CCC[C@@H]12. The summed E-state index contributed by atoms with van der Waals surface area (Å²) in [5, 5.41) is 4.29. The molecule has 154 valence electrons. The first-order valence-corrected chi connectivity index (χ1v) is 12.0. The van der Waals surface area contributed by atoms with Crippen LogP contribution in [0.15, 0.2) is 18.5 Å². The zero-order chi connectivity index (χ0) is 19.4. The van der Waals surface area contributed by atoms with Gasteiger partial charge in [-0.05, 0) is 91.9 Å². The van der Waals surface area contributed by atoms with Crippen molar-refractivity contribution in [3.63, 3.8) is 0 Å². The van der Waals surface area contributed by atoms with Crippen molar-refractivity contribution >= 4 is 5.78 Å². The van der Waals surface area contributed by atoms with Gasteiger partial charge in [-0.25, -0.2) is 0 Å². The molecule has 1 aromatic heterocycles. The van der Waals surface area contributed by atoms with Crippen LogP contribution in [0.3, 0.4) is 0 Å². The van der Waals surface area contributed by atoms with Crippen molar-refractivity contribution in [1.82, 2.24) is 9.78 Å². The number of rotatable bonds is 3. The Bertz CT molecular complexity index is 712. The fourth-order valence-electron chi connectivity index (χ4n) is 8.68. The summed E-state index contributed by atoms with van der Waals surface area (Å²) in [6.45, 7) is 5.61. The lowest BCUT2D eigenvalue weighted by atomic mass is 9.41. The molecule has 7 atom stereocenters. The van der Waals surface area contributed by atoms with E-state index in [-0.39, 0.29) is 11.3 Å². The molecule has 4 aliphatic rings. The average molecular weight is 383 g/mol. The Morgan fingerprint density at radius 3 is 2.64 bits per heavy atom. The third-order valence-corrected chi connectivity index (χ3v) is 10.1. The molecule has 0 aliphatic heterocycles. The van der Waals surface area contributed by atoms with Crippen LogP contribution in [0.25, 0.3) is 0 Å². The summed E-state index contributed by atoms with van der Waals surface area (Å²) in [5.41, 5.74) is 0.816. The van der Waals surface area contributed by atoms with Gasteiger partial charge in [0.25, 0.3) is 0 Å². The number of ketones is 1. The van der Waals surface area contributed by atoms with E-state index in [0.717, 1.165) is 30.1 Å². The number of Topliss-reactive ketones (excluding diaryl/α,β-unsaturated/α-hetero) is 1. The van der Waals surface area contributed by atoms with Gasteiger partial charge in [-0.2, -0.15) is 5.10 Å². The second-order valence-electron chi connectivity index (χ2n) is 11.1. The van der Waals surface area contributed by atoms with E-state index in [9.17, 15) is 4.79 Å². The maximum atomic E-state index is 13.3. The van der Waals surface area contributed by atoms with Crippen molar-refractivity contribution in [3.8, 4) is 0 Å². The molecule has 0 saturated heterocycles. The lowest BCUT2D eigenvalue weighted by molar-refractivity contribution is -0.155. The summed E-state index contributed by atoms with van der Waals surface area (Å²) in [6, 6.07) is 1.92. The zero-order valence-corrected chi connectivity index (χ0v) is 17.9. The van der Waals surface area contributed by atoms with Crippen LogP contribution >= 0.6 is 0 Å². The van der Waals surface area contributed by atoms with Gasteiger partial charge in [-0.3, -0.25) is 9.48 Å². The van der Waals surface area contributed by atoms with Crippen molar-refractivity contribution in [1.29, 1.82) is 0 Å². The minimum atomic E-state index is 0.224. The first-order valence-electron chi connectivity index (χ1n) is 12.0. The van der Waals surface area contributed by atoms with Crippen LogP contribution in [-0.4, -0.2) is 15.6 Å². The van der Waals surface area contributed by atoms with Crippen molar-refractivity contribution in [2.45, 2.75) is 91.0 Å². The maximum Gasteiger partial charge on any atom is 0.157 e. The molecule has 5 rings (SSSR count). The van der Waals surface area contributed by atoms with Crippen molar-refractivity contribution in [2.75, 3.05) is 0 Å². The van der Waals surface area contributed by atoms with E-state index in [1.807, 2.05) is 16.9 Å². The predicted molar refractivity (Wildman–Crippen MR) is 112 cm³/mol. The van der Waals surface area contributed by atoms with Gasteiger partial charge in [0.1, 0.15) is 0 Å². The lowest BCUT2D eigenvalue weighted by Gasteiger charge is -2.63. The number of carbonyl (C=O) groups excluding carboxylic acids is 1. The number of fused-ring (bicyclic) bond motifs is 5. The summed E-state index contributed by atoms with van der Waals surface area (Å²) >= 11 is 0. The normalized spacial score (nSPS) is 45.6. The van der Waals surface area contributed by atoms with E-state index in [4.69, 9.17) is 0 Å². The zero-order valence-electron chi connectivity index (χ0n) is 17.9. The van der Waals surface area contributed by atoms with Crippen molar-refractivity contribution < 1.29 is 4.79 Å².